The first-order valence-electron chi connectivity index (χ1n) is 6.34. The number of thiophene rings is 1. The van der Waals surface area contributed by atoms with Crippen molar-refractivity contribution in [3.63, 3.8) is 0 Å². The average Bonchev–Trinajstić information content (AvgIpc) is 2.88. The van der Waals surface area contributed by atoms with Crippen molar-refractivity contribution in [2.24, 2.45) is 0 Å². The topological polar surface area (TPSA) is 21.3 Å². The molecule has 1 saturated heterocycles. The van der Waals surface area contributed by atoms with Gasteiger partial charge in [-0.15, -0.1) is 0 Å². The number of nitrogens with one attached hydrogen (secondary N) is 1. The Hall–Kier alpha value is -0.0300. The molecule has 0 spiro atoms. The number of rotatable bonds is 6. The van der Waals surface area contributed by atoms with Crippen LogP contribution in [0.15, 0.2) is 16.8 Å². The first kappa shape index (κ1) is 13.4. The average molecular weight is 271 g/mol. The summed E-state index contributed by atoms with van der Waals surface area (Å²) in [5, 5.41) is 7.99. The highest BCUT2D eigenvalue weighted by atomic mass is 32.2. The first-order chi connectivity index (χ1) is 8.40. The van der Waals surface area contributed by atoms with Crippen LogP contribution >= 0.6 is 23.1 Å². The van der Waals surface area contributed by atoms with E-state index >= 15 is 0 Å². The van der Waals surface area contributed by atoms with Gasteiger partial charge in [-0.05, 0) is 41.8 Å². The number of ether oxygens (including phenoxy) is 1. The summed E-state index contributed by atoms with van der Waals surface area (Å²) in [4.78, 5) is 0. The van der Waals surface area contributed by atoms with Gasteiger partial charge >= 0.3 is 0 Å². The van der Waals surface area contributed by atoms with Crippen molar-refractivity contribution in [3.05, 3.63) is 22.4 Å². The van der Waals surface area contributed by atoms with Gasteiger partial charge in [0, 0.05) is 17.5 Å². The minimum atomic E-state index is 0.396. The van der Waals surface area contributed by atoms with Gasteiger partial charge in [0.25, 0.3) is 0 Å². The molecule has 17 heavy (non-hydrogen) atoms. The first-order valence-corrected chi connectivity index (χ1v) is 8.43. The Balaban J connectivity index is 1.82. The lowest BCUT2D eigenvalue weighted by Gasteiger charge is -2.30. The lowest BCUT2D eigenvalue weighted by Crippen LogP contribution is -2.45. The van der Waals surface area contributed by atoms with Crippen molar-refractivity contribution in [1.29, 1.82) is 0 Å². The molecule has 1 aliphatic heterocycles. The maximum Gasteiger partial charge on any atom is 0.0818 e. The van der Waals surface area contributed by atoms with E-state index in [1.54, 1.807) is 11.3 Å². The van der Waals surface area contributed by atoms with Crippen molar-refractivity contribution >= 4 is 23.1 Å². The number of aryl methyl sites for hydroxylation is 1. The van der Waals surface area contributed by atoms with E-state index in [0.717, 1.165) is 31.1 Å². The second-order valence-electron chi connectivity index (χ2n) is 4.32. The predicted octanol–water partition coefficient (Wildman–Crippen LogP) is 2.79. The highest BCUT2D eigenvalue weighted by molar-refractivity contribution is 7.99. The number of likely N-dealkylation sites (N-methyl/N-ethyl adjacent to an activating group) is 1. The lowest BCUT2D eigenvalue weighted by molar-refractivity contribution is 0.0453. The zero-order valence-corrected chi connectivity index (χ0v) is 12.0. The summed E-state index contributed by atoms with van der Waals surface area (Å²) in [7, 11) is 0. The molecule has 1 aromatic rings. The van der Waals surface area contributed by atoms with E-state index in [-0.39, 0.29) is 0 Å². The van der Waals surface area contributed by atoms with Crippen molar-refractivity contribution in [2.75, 3.05) is 24.7 Å². The van der Waals surface area contributed by atoms with E-state index in [9.17, 15) is 0 Å². The van der Waals surface area contributed by atoms with Gasteiger partial charge in [-0.1, -0.05) is 6.92 Å². The molecule has 1 fully saturated rings. The van der Waals surface area contributed by atoms with Crippen molar-refractivity contribution < 1.29 is 4.74 Å². The molecule has 2 unspecified atom stereocenters. The Labute approximate surface area is 112 Å². The molecule has 4 heteroatoms. The highest BCUT2D eigenvalue weighted by Crippen LogP contribution is 2.19. The van der Waals surface area contributed by atoms with Crippen LogP contribution in [-0.2, 0) is 11.2 Å². The van der Waals surface area contributed by atoms with Gasteiger partial charge in [0.05, 0.1) is 12.7 Å². The molecule has 1 N–H and O–H groups in total. The highest BCUT2D eigenvalue weighted by Gasteiger charge is 2.23. The third-order valence-electron chi connectivity index (χ3n) is 3.08. The molecular weight excluding hydrogens is 250 g/mol. The fourth-order valence-corrected chi connectivity index (χ4v) is 3.82. The summed E-state index contributed by atoms with van der Waals surface area (Å²) >= 11 is 3.80. The van der Waals surface area contributed by atoms with Crippen LogP contribution in [0.2, 0.25) is 0 Å². The Bertz CT molecular complexity index is 296. The summed E-state index contributed by atoms with van der Waals surface area (Å²) in [6.45, 7) is 4.11. The molecule has 2 heterocycles. The summed E-state index contributed by atoms with van der Waals surface area (Å²) in [5.41, 5.74) is 1.46. The fourth-order valence-electron chi connectivity index (χ4n) is 2.18. The van der Waals surface area contributed by atoms with Gasteiger partial charge in [0.2, 0.25) is 0 Å². The van der Waals surface area contributed by atoms with Crippen molar-refractivity contribution in [3.8, 4) is 0 Å². The number of thioether (sulfide) groups is 1. The zero-order chi connectivity index (χ0) is 11.9. The molecule has 0 bridgehead atoms. The van der Waals surface area contributed by atoms with Crippen LogP contribution < -0.4 is 5.32 Å². The normalized spacial score (nSPS) is 22.5. The molecular formula is C13H21NOS2. The summed E-state index contributed by atoms with van der Waals surface area (Å²) in [6.07, 6.45) is 2.73. The largest absolute Gasteiger partial charge is 0.375 e. The molecule has 96 valence electrons. The Morgan fingerprint density at radius 1 is 1.59 bits per heavy atom. The van der Waals surface area contributed by atoms with E-state index in [2.05, 4.69) is 29.1 Å². The van der Waals surface area contributed by atoms with Crippen molar-refractivity contribution in [1.82, 2.24) is 5.32 Å². The summed E-state index contributed by atoms with van der Waals surface area (Å²) in [5.74, 6) is 2.29. The Morgan fingerprint density at radius 2 is 2.53 bits per heavy atom. The molecule has 1 aromatic heterocycles. The summed E-state index contributed by atoms with van der Waals surface area (Å²) < 4.78 is 5.88. The van der Waals surface area contributed by atoms with Crippen LogP contribution in [0.4, 0.5) is 0 Å². The van der Waals surface area contributed by atoms with Gasteiger partial charge in [-0.2, -0.15) is 23.1 Å². The zero-order valence-electron chi connectivity index (χ0n) is 10.4. The Kier molecular flexibility index (Phi) is 5.85. The van der Waals surface area contributed by atoms with Gasteiger partial charge in [-0.25, -0.2) is 0 Å². The molecule has 2 atom stereocenters. The summed E-state index contributed by atoms with van der Waals surface area (Å²) in [6, 6.07) is 2.73. The second kappa shape index (κ2) is 7.41. The predicted molar refractivity (Wildman–Crippen MR) is 77.2 cm³/mol. The van der Waals surface area contributed by atoms with Crippen LogP contribution in [0.25, 0.3) is 0 Å². The lowest BCUT2D eigenvalue weighted by atomic mass is 10.0. The maximum absolute atomic E-state index is 5.88. The van der Waals surface area contributed by atoms with Crippen molar-refractivity contribution in [2.45, 2.75) is 31.9 Å². The van der Waals surface area contributed by atoms with E-state index < -0.39 is 0 Å². The van der Waals surface area contributed by atoms with Crippen LogP contribution in [0, 0.1) is 0 Å². The molecule has 2 nitrogen and oxygen atoms in total. The molecule has 2 rings (SSSR count). The third kappa shape index (κ3) is 4.28. The van der Waals surface area contributed by atoms with E-state index in [0.29, 0.717) is 12.1 Å². The van der Waals surface area contributed by atoms with Gasteiger partial charge in [0.1, 0.15) is 0 Å². The molecule has 0 saturated carbocycles. The van der Waals surface area contributed by atoms with Gasteiger partial charge in [-0.3, -0.25) is 0 Å². The quantitative estimate of drug-likeness (QED) is 0.859. The molecule has 1 aliphatic rings. The minimum Gasteiger partial charge on any atom is -0.375 e. The second-order valence-corrected chi connectivity index (χ2v) is 6.25. The van der Waals surface area contributed by atoms with Gasteiger partial charge in [0.15, 0.2) is 0 Å². The van der Waals surface area contributed by atoms with E-state index in [4.69, 9.17) is 4.74 Å². The third-order valence-corrected chi connectivity index (χ3v) is 4.83. The molecule has 0 radical (unpaired) electrons. The monoisotopic (exact) mass is 271 g/mol. The number of hydrogen-bond donors (Lipinski definition) is 1. The SMILES string of the molecule is CCNC(CCc1ccsc1)C1CSCCO1. The molecule has 0 amide bonds. The van der Waals surface area contributed by atoms with Crippen LogP contribution in [-0.4, -0.2) is 36.8 Å². The van der Waals surface area contributed by atoms with Gasteiger partial charge < -0.3 is 10.1 Å². The van der Waals surface area contributed by atoms with E-state index in [1.807, 2.05) is 11.8 Å². The fraction of sp³-hybridized carbons (Fsp3) is 0.692. The maximum atomic E-state index is 5.88. The van der Waals surface area contributed by atoms with E-state index in [1.165, 1.54) is 12.0 Å². The Morgan fingerprint density at radius 3 is 3.18 bits per heavy atom. The smallest absolute Gasteiger partial charge is 0.0818 e. The van der Waals surface area contributed by atoms with Crippen LogP contribution in [0.3, 0.4) is 0 Å². The molecule has 0 aromatic carbocycles. The minimum absolute atomic E-state index is 0.396. The van der Waals surface area contributed by atoms with Crippen LogP contribution in [0.1, 0.15) is 18.9 Å². The number of hydrogen-bond acceptors (Lipinski definition) is 4. The molecule has 0 aliphatic carbocycles. The van der Waals surface area contributed by atoms with Crippen LogP contribution in [0.5, 0.6) is 0 Å². The standard InChI is InChI=1S/C13H21NOS2/c1-2-14-12(13-10-17-8-6-15-13)4-3-11-5-7-16-9-11/h5,7,9,12-14H,2-4,6,8,10H2,1H3.